The van der Waals surface area contributed by atoms with Gasteiger partial charge < -0.3 is 0 Å². The fourth-order valence-electron chi connectivity index (χ4n) is 0.769. The number of hydrogen-bond donors (Lipinski definition) is 1. The van der Waals surface area contributed by atoms with Crippen molar-refractivity contribution in [3.63, 3.8) is 0 Å². The van der Waals surface area contributed by atoms with Crippen LogP contribution in [-0.2, 0) is 0 Å². The van der Waals surface area contributed by atoms with Crippen LogP contribution in [0.1, 0.15) is 5.56 Å². The predicted octanol–water partition coefficient (Wildman–Crippen LogP) is 3.41. The topological polar surface area (TPSA) is 0 Å². The lowest BCUT2D eigenvalue weighted by Crippen LogP contribution is -1.82. The van der Waals surface area contributed by atoms with Crippen molar-refractivity contribution < 1.29 is 4.39 Å². The van der Waals surface area contributed by atoms with Crippen LogP contribution in [0.25, 0.3) is 0 Å². The molecule has 1 aromatic carbocycles. The largest absolute Gasteiger partial charge is 0.204 e. The zero-order chi connectivity index (χ0) is 9.84. The zero-order valence-electron chi connectivity index (χ0n) is 6.44. The van der Waals surface area contributed by atoms with Gasteiger partial charge in [-0.1, -0.05) is 35.0 Å². The summed E-state index contributed by atoms with van der Waals surface area (Å²) in [6.45, 7) is 0. The number of hydrogen-bond acceptors (Lipinski definition) is 1. The van der Waals surface area contributed by atoms with Crippen molar-refractivity contribution in [3.05, 3.63) is 33.6 Å². The Morgan fingerprint density at radius 3 is 2.31 bits per heavy atom. The minimum absolute atomic E-state index is 0.0176. The molecule has 0 unspecified atom stereocenters. The van der Waals surface area contributed by atoms with E-state index in [0.717, 1.165) is 0 Å². The normalized spacial score (nSPS) is 9.23. The van der Waals surface area contributed by atoms with E-state index in [1.54, 1.807) is 0 Å². The lowest BCUT2D eigenvalue weighted by Gasteiger charge is -1.97. The maximum atomic E-state index is 12.9. The molecule has 0 atom stereocenters. The average molecular weight is 235 g/mol. The summed E-state index contributed by atoms with van der Waals surface area (Å²) < 4.78 is 12.9. The Kier molecular flexibility index (Phi) is 3.92. The third-order valence-electron chi connectivity index (χ3n) is 1.30. The molecule has 0 saturated heterocycles. The first kappa shape index (κ1) is 10.7. The van der Waals surface area contributed by atoms with Crippen molar-refractivity contribution in [1.29, 1.82) is 0 Å². The molecule has 68 valence electrons. The smallest absolute Gasteiger partial charge is 0.160 e. The van der Waals surface area contributed by atoms with Crippen molar-refractivity contribution in [2.45, 2.75) is 0 Å². The van der Waals surface area contributed by atoms with Gasteiger partial charge in [0.1, 0.15) is 0 Å². The van der Waals surface area contributed by atoms with E-state index in [1.165, 1.54) is 12.1 Å². The van der Waals surface area contributed by atoms with Gasteiger partial charge in [-0.3, -0.25) is 0 Å². The van der Waals surface area contributed by atoms with Crippen molar-refractivity contribution in [2.24, 2.45) is 0 Å². The summed E-state index contributed by atoms with van der Waals surface area (Å²) in [5, 5.41) is -0.0353. The molecule has 0 saturated carbocycles. The second kappa shape index (κ2) is 4.76. The highest BCUT2D eigenvalue weighted by Gasteiger charge is 2.05. The van der Waals surface area contributed by atoms with Gasteiger partial charge in [0.05, 0.1) is 15.8 Å². The van der Waals surface area contributed by atoms with Gasteiger partial charge in [-0.25, -0.2) is 4.39 Å². The van der Waals surface area contributed by atoms with Crippen LogP contribution in [0.3, 0.4) is 0 Å². The minimum Gasteiger partial charge on any atom is -0.204 e. The van der Waals surface area contributed by atoms with Gasteiger partial charge in [0.15, 0.2) is 5.82 Å². The Hall–Kier alpha value is -0.360. The molecule has 0 aromatic heterocycles. The van der Waals surface area contributed by atoms with E-state index in [9.17, 15) is 4.39 Å². The molecule has 0 heterocycles. The van der Waals surface area contributed by atoms with Crippen LogP contribution >= 0.6 is 35.8 Å². The molecule has 0 bridgehead atoms. The highest BCUT2D eigenvalue weighted by molar-refractivity contribution is 7.80. The Bertz CT molecular complexity index is 356. The van der Waals surface area contributed by atoms with Crippen LogP contribution in [0.4, 0.5) is 4.39 Å². The standard InChI is InChI=1S/C9H5Cl2FS/c10-7-4-6(2-1-3-13)5-8(11)9(7)12/h4-5,13H,3H2. The van der Waals surface area contributed by atoms with E-state index in [-0.39, 0.29) is 10.0 Å². The Morgan fingerprint density at radius 2 is 1.85 bits per heavy atom. The van der Waals surface area contributed by atoms with Gasteiger partial charge in [0.25, 0.3) is 0 Å². The molecule has 0 aliphatic heterocycles. The van der Waals surface area contributed by atoms with Gasteiger partial charge in [-0.05, 0) is 12.1 Å². The Morgan fingerprint density at radius 1 is 1.31 bits per heavy atom. The van der Waals surface area contributed by atoms with E-state index in [1.807, 2.05) is 0 Å². The summed E-state index contributed by atoms with van der Waals surface area (Å²) >= 11 is 15.0. The molecule has 0 N–H and O–H groups in total. The molecule has 1 rings (SSSR count). The van der Waals surface area contributed by atoms with Crippen LogP contribution in [0.5, 0.6) is 0 Å². The lowest BCUT2D eigenvalue weighted by molar-refractivity contribution is 0.628. The highest BCUT2D eigenvalue weighted by atomic mass is 35.5. The van der Waals surface area contributed by atoms with Gasteiger partial charge in [-0.15, -0.1) is 0 Å². The van der Waals surface area contributed by atoms with Gasteiger partial charge in [0, 0.05) is 5.56 Å². The molecule has 4 heteroatoms. The number of thiol groups is 1. The quantitative estimate of drug-likeness (QED) is 0.397. The minimum atomic E-state index is -0.611. The number of benzene rings is 1. The van der Waals surface area contributed by atoms with Gasteiger partial charge in [-0.2, -0.15) is 12.6 Å². The lowest BCUT2D eigenvalue weighted by atomic mass is 10.2. The van der Waals surface area contributed by atoms with Crippen molar-refractivity contribution in [1.82, 2.24) is 0 Å². The van der Waals surface area contributed by atoms with Crippen molar-refractivity contribution in [3.8, 4) is 11.8 Å². The molecular weight excluding hydrogens is 230 g/mol. The van der Waals surface area contributed by atoms with Crippen LogP contribution in [-0.4, -0.2) is 5.75 Å². The molecule has 0 aliphatic rings. The molecule has 0 radical (unpaired) electrons. The van der Waals surface area contributed by atoms with Crippen LogP contribution in [0.15, 0.2) is 12.1 Å². The SMILES string of the molecule is Fc1c(Cl)cc(C#CCS)cc1Cl. The van der Waals surface area contributed by atoms with Crippen LogP contribution in [0, 0.1) is 17.7 Å². The van der Waals surface area contributed by atoms with E-state index >= 15 is 0 Å². The maximum Gasteiger partial charge on any atom is 0.160 e. The van der Waals surface area contributed by atoms with Gasteiger partial charge >= 0.3 is 0 Å². The third kappa shape index (κ3) is 2.80. The van der Waals surface area contributed by atoms with Gasteiger partial charge in [0.2, 0.25) is 0 Å². The summed E-state index contributed by atoms with van der Waals surface area (Å²) in [4.78, 5) is 0. The van der Waals surface area contributed by atoms with E-state index in [0.29, 0.717) is 11.3 Å². The zero-order valence-corrected chi connectivity index (χ0v) is 8.85. The van der Waals surface area contributed by atoms with Crippen LogP contribution in [0.2, 0.25) is 10.0 Å². The molecule has 13 heavy (non-hydrogen) atoms. The number of halogens is 3. The average Bonchev–Trinajstić information content (AvgIpc) is 2.10. The first-order valence-electron chi connectivity index (χ1n) is 3.39. The van der Waals surface area contributed by atoms with Crippen LogP contribution < -0.4 is 0 Å². The first-order valence-corrected chi connectivity index (χ1v) is 4.78. The monoisotopic (exact) mass is 234 g/mol. The summed E-state index contributed by atoms with van der Waals surface area (Å²) in [5.74, 6) is 5.28. The fraction of sp³-hybridized carbons (Fsp3) is 0.111. The van der Waals surface area contributed by atoms with Crippen molar-refractivity contribution in [2.75, 3.05) is 5.75 Å². The summed E-state index contributed by atoms with van der Waals surface area (Å²) in [6.07, 6.45) is 0. The molecule has 0 amide bonds. The second-order valence-corrected chi connectivity index (χ2v) is 3.34. The Labute approximate surface area is 91.5 Å². The number of rotatable bonds is 0. The van der Waals surface area contributed by atoms with E-state index in [4.69, 9.17) is 23.2 Å². The third-order valence-corrected chi connectivity index (χ3v) is 2.00. The first-order chi connectivity index (χ1) is 6.15. The molecule has 0 fully saturated rings. The highest BCUT2D eigenvalue weighted by Crippen LogP contribution is 2.24. The fourth-order valence-corrected chi connectivity index (χ4v) is 1.34. The Balaban J connectivity index is 3.13. The summed E-state index contributed by atoms with van der Waals surface area (Å²) in [5.41, 5.74) is 0.588. The second-order valence-electron chi connectivity index (χ2n) is 2.21. The summed E-state index contributed by atoms with van der Waals surface area (Å²) in [6, 6.07) is 2.86. The molecule has 0 spiro atoms. The molecule has 1 aromatic rings. The molecular formula is C9H5Cl2FS. The molecule has 0 nitrogen and oxygen atoms in total. The predicted molar refractivity (Wildman–Crippen MR) is 57.2 cm³/mol. The van der Waals surface area contributed by atoms with E-state index in [2.05, 4.69) is 24.5 Å². The maximum absolute atomic E-state index is 12.9. The van der Waals surface area contributed by atoms with E-state index < -0.39 is 5.82 Å². The van der Waals surface area contributed by atoms with Crippen molar-refractivity contribution >= 4 is 35.8 Å². The molecule has 0 aliphatic carbocycles. The summed E-state index contributed by atoms with van der Waals surface area (Å²) in [7, 11) is 0.